The van der Waals surface area contributed by atoms with Crippen LogP contribution in [0.3, 0.4) is 0 Å². The lowest BCUT2D eigenvalue weighted by atomic mass is 9.81. The van der Waals surface area contributed by atoms with Gasteiger partial charge in [0.2, 0.25) is 0 Å². The zero-order chi connectivity index (χ0) is 12.2. The van der Waals surface area contributed by atoms with Crippen molar-refractivity contribution in [1.29, 1.82) is 0 Å². The van der Waals surface area contributed by atoms with Crippen LogP contribution in [0.2, 0.25) is 0 Å². The van der Waals surface area contributed by atoms with Crippen LogP contribution in [-0.2, 0) is 0 Å². The molecule has 0 aromatic heterocycles. The molecular weight excluding hydrogens is 216 g/mol. The smallest absolute Gasteiger partial charge is 0.0232 e. The van der Waals surface area contributed by atoms with Crippen molar-refractivity contribution in [3.05, 3.63) is 0 Å². The third-order valence-electron chi connectivity index (χ3n) is 7.28. The standard InChI is InChI=1S/C18H30/c1-2-3-4-5-8-13-14-10-12-18-11-7-6-9-15(18)17(18)16(13)14/h13-17H,2-12H2,1H3. The van der Waals surface area contributed by atoms with Gasteiger partial charge in [-0.2, -0.15) is 0 Å². The van der Waals surface area contributed by atoms with Gasteiger partial charge in [0.25, 0.3) is 0 Å². The van der Waals surface area contributed by atoms with Crippen molar-refractivity contribution >= 4 is 0 Å². The molecule has 0 aliphatic heterocycles. The summed E-state index contributed by atoms with van der Waals surface area (Å²) < 4.78 is 0. The molecule has 4 aliphatic carbocycles. The van der Waals surface area contributed by atoms with Gasteiger partial charge in [-0.3, -0.25) is 0 Å². The van der Waals surface area contributed by atoms with Crippen molar-refractivity contribution in [1.82, 2.24) is 0 Å². The van der Waals surface area contributed by atoms with E-state index in [-0.39, 0.29) is 0 Å². The minimum Gasteiger partial charge on any atom is -0.0654 e. The molecule has 0 nitrogen and oxygen atoms in total. The maximum atomic E-state index is 2.33. The fourth-order valence-corrected chi connectivity index (χ4v) is 6.44. The third-order valence-corrected chi connectivity index (χ3v) is 7.28. The van der Waals surface area contributed by atoms with Crippen molar-refractivity contribution < 1.29 is 0 Å². The maximum absolute atomic E-state index is 2.33. The summed E-state index contributed by atoms with van der Waals surface area (Å²) >= 11 is 0. The molecule has 6 atom stereocenters. The lowest BCUT2D eigenvalue weighted by Crippen LogP contribution is -2.13. The van der Waals surface area contributed by atoms with Crippen LogP contribution in [0.4, 0.5) is 0 Å². The number of hydrogen-bond donors (Lipinski definition) is 0. The minimum atomic E-state index is 0.928. The second-order valence-electron chi connectivity index (χ2n) is 7.90. The fourth-order valence-electron chi connectivity index (χ4n) is 6.44. The second-order valence-corrected chi connectivity index (χ2v) is 7.90. The van der Waals surface area contributed by atoms with E-state index in [9.17, 15) is 0 Å². The minimum absolute atomic E-state index is 0.928. The summed E-state index contributed by atoms with van der Waals surface area (Å²) in [7, 11) is 0. The van der Waals surface area contributed by atoms with Gasteiger partial charge < -0.3 is 0 Å². The molecule has 0 N–H and O–H groups in total. The average Bonchev–Trinajstić information content (AvgIpc) is 3.25. The summed E-state index contributed by atoms with van der Waals surface area (Å²) in [5, 5.41) is 0. The van der Waals surface area contributed by atoms with E-state index < -0.39 is 0 Å². The van der Waals surface area contributed by atoms with Crippen LogP contribution in [0.25, 0.3) is 0 Å². The van der Waals surface area contributed by atoms with Crippen LogP contribution in [0.5, 0.6) is 0 Å². The van der Waals surface area contributed by atoms with Gasteiger partial charge in [-0.05, 0) is 67.1 Å². The summed E-state index contributed by atoms with van der Waals surface area (Å²) in [6.07, 6.45) is 17.1. The molecule has 0 heterocycles. The van der Waals surface area contributed by atoms with Gasteiger partial charge in [-0.1, -0.05) is 45.4 Å². The summed E-state index contributed by atoms with van der Waals surface area (Å²) in [5.74, 6) is 6.06. The van der Waals surface area contributed by atoms with Gasteiger partial charge in [0, 0.05) is 0 Å². The monoisotopic (exact) mass is 246 g/mol. The van der Waals surface area contributed by atoms with E-state index in [1.54, 1.807) is 44.9 Å². The van der Waals surface area contributed by atoms with Gasteiger partial charge in [0.1, 0.15) is 0 Å². The van der Waals surface area contributed by atoms with Crippen LogP contribution in [0.1, 0.15) is 77.6 Å². The highest BCUT2D eigenvalue weighted by molar-refractivity contribution is 5.23. The van der Waals surface area contributed by atoms with E-state index >= 15 is 0 Å². The number of unbranched alkanes of at least 4 members (excludes halogenated alkanes) is 3. The molecule has 4 rings (SSSR count). The quantitative estimate of drug-likeness (QED) is 0.568. The molecule has 4 fully saturated rings. The highest BCUT2D eigenvalue weighted by Crippen LogP contribution is 2.81. The Morgan fingerprint density at radius 1 is 1.00 bits per heavy atom. The van der Waals surface area contributed by atoms with Crippen molar-refractivity contribution in [2.75, 3.05) is 0 Å². The largest absolute Gasteiger partial charge is 0.0654 e. The first kappa shape index (κ1) is 11.8. The number of rotatable bonds is 5. The zero-order valence-electron chi connectivity index (χ0n) is 12.2. The summed E-state index contributed by atoms with van der Waals surface area (Å²) in [5.41, 5.74) is 0.928. The van der Waals surface area contributed by atoms with E-state index in [1.165, 1.54) is 55.3 Å². The second kappa shape index (κ2) is 4.25. The Labute approximate surface area is 113 Å². The number of fused-ring (bicyclic) bond motifs is 3. The van der Waals surface area contributed by atoms with Crippen LogP contribution in [0, 0.1) is 35.0 Å². The predicted molar refractivity (Wildman–Crippen MR) is 76.3 cm³/mol. The molecule has 102 valence electrons. The van der Waals surface area contributed by atoms with E-state index in [4.69, 9.17) is 0 Å². The predicted octanol–water partition coefficient (Wildman–Crippen LogP) is 5.42. The van der Waals surface area contributed by atoms with Gasteiger partial charge in [0.15, 0.2) is 0 Å². The van der Waals surface area contributed by atoms with Gasteiger partial charge >= 0.3 is 0 Å². The molecule has 4 aliphatic rings. The molecule has 0 saturated heterocycles. The van der Waals surface area contributed by atoms with Crippen molar-refractivity contribution in [3.8, 4) is 0 Å². The van der Waals surface area contributed by atoms with Crippen molar-refractivity contribution in [2.45, 2.75) is 77.6 Å². The lowest BCUT2D eigenvalue weighted by molar-refractivity contribution is 0.267. The summed E-state index contributed by atoms with van der Waals surface area (Å²) in [6, 6.07) is 0. The average molecular weight is 246 g/mol. The fraction of sp³-hybridized carbons (Fsp3) is 1.00. The van der Waals surface area contributed by atoms with Gasteiger partial charge in [0.05, 0.1) is 0 Å². The molecule has 0 aromatic carbocycles. The topological polar surface area (TPSA) is 0 Å². The molecule has 18 heavy (non-hydrogen) atoms. The van der Waals surface area contributed by atoms with Crippen molar-refractivity contribution in [3.63, 3.8) is 0 Å². The molecule has 6 unspecified atom stereocenters. The van der Waals surface area contributed by atoms with E-state index in [0.29, 0.717) is 0 Å². The van der Waals surface area contributed by atoms with Crippen molar-refractivity contribution in [2.24, 2.45) is 35.0 Å². The Bertz CT molecular complexity index is 320. The van der Waals surface area contributed by atoms with Gasteiger partial charge in [-0.25, -0.2) is 0 Å². The molecule has 0 amide bonds. The first-order valence-electron chi connectivity index (χ1n) is 8.88. The Balaban J connectivity index is 1.33. The molecule has 0 radical (unpaired) electrons. The Hall–Kier alpha value is 0. The summed E-state index contributed by atoms with van der Waals surface area (Å²) in [6.45, 7) is 2.33. The molecule has 0 aromatic rings. The Morgan fingerprint density at radius 3 is 2.83 bits per heavy atom. The van der Waals surface area contributed by atoms with E-state index in [1.807, 2.05) is 0 Å². The molecular formula is C18H30. The van der Waals surface area contributed by atoms with Crippen LogP contribution in [-0.4, -0.2) is 0 Å². The van der Waals surface area contributed by atoms with Crippen LogP contribution >= 0.6 is 0 Å². The molecule has 0 bridgehead atoms. The molecule has 1 spiro atoms. The summed E-state index contributed by atoms with van der Waals surface area (Å²) in [4.78, 5) is 0. The highest BCUT2D eigenvalue weighted by atomic mass is 14.8. The van der Waals surface area contributed by atoms with Crippen LogP contribution < -0.4 is 0 Å². The SMILES string of the molecule is CCCCCCC1C2CCC34CCCCC3C4C12. The Morgan fingerprint density at radius 2 is 1.94 bits per heavy atom. The van der Waals surface area contributed by atoms with E-state index in [0.717, 1.165) is 5.41 Å². The highest BCUT2D eigenvalue weighted by Gasteiger charge is 2.75. The lowest BCUT2D eigenvalue weighted by Gasteiger charge is -2.24. The maximum Gasteiger partial charge on any atom is -0.0232 e. The molecule has 0 heteroatoms. The molecule has 4 saturated carbocycles. The van der Waals surface area contributed by atoms with Gasteiger partial charge in [-0.15, -0.1) is 0 Å². The number of hydrogen-bond acceptors (Lipinski definition) is 0. The Kier molecular flexibility index (Phi) is 2.79. The normalized spacial score (nSPS) is 52.2. The zero-order valence-corrected chi connectivity index (χ0v) is 12.2. The van der Waals surface area contributed by atoms with Crippen LogP contribution in [0.15, 0.2) is 0 Å². The third kappa shape index (κ3) is 1.56. The van der Waals surface area contributed by atoms with E-state index in [2.05, 4.69) is 6.92 Å². The first-order valence-corrected chi connectivity index (χ1v) is 8.88. The first-order chi connectivity index (χ1) is 8.88.